The molecular formula is C14H20N4O. The fourth-order valence-electron chi connectivity index (χ4n) is 1.79. The Hall–Kier alpha value is -2.17. The second kappa shape index (κ2) is 5.65. The molecule has 2 N–H and O–H groups in total. The number of nitrogens with zero attached hydrogens (tertiary/aromatic N) is 3. The van der Waals surface area contributed by atoms with E-state index in [-0.39, 0.29) is 0 Å². The van der Waals surface area contributed by atoms with E-state index >= 15 is 0 Å². The third-order valence-electron chi connectivity index (χ3n) is 2.93. The maximum absolute atomic E-state index is 5.73. The number of ether oxygens (including phenoxy) is 1. The standard InChI is InChI=1S/C14H20N4O/c1-17(2)12-5-4-6-13(10-12)19-8-7-11-9-14(15)18(3)16-11/h4-6,9-10H,7-8,15H2,1-3H3. The van der Waals surface area contributed by atoms with E-state index < -0.39 is 0 Å². The van der Waals surface area contributed by atoms with E-state index in [1.165, 1.54) is 0 Å². The van der Waals surface area contributed by atoms with Gasteiger partial charge >= 0.3 is 0 Å². The number of benzene rings is 1. The molecule has 0 spiro atoms. The van der Waals surface area contributed by atoms with Gasteiger partial charge < -0.3 is 15.4 Å². The van der Waals surface area contributed by atoms with Gasteiger partial charge in [0, 0.05) is 45.4 Å². The highest BCUT2D eigenvalue weighted by atomic mass is 16.5. The van der Waals surface area contributed by atoms with Crippen molar-refractivity contribution in [3.8, 4) is 5.75 Å². The molecule has 1 aromatic carbocycles. The predicted octanol–water partition coefficient (Wildman–Crippen LogP) is 1.69. The topological polar surface area (TPSA) is 56.3 Å². The number of hydrogen-bond acceptors (Lipinski definition) is 4. The van der Waals surface area contributed by atoms with Crippen molar-refractivity contribution in [2.75, 3.05) is 31.3 Å². The zero-order chi connectivity index (χ0) is 13.8. The molecule has 0 radical (unpaired) electrons. The summed E-state index contributed by atoms with van der Waals surface area (Å²) in [6, 6.07) is 9.89. The summed E-state index contributed by atoms with van der Waals surface area (Å²) in [4.78, 5) is 2.05. The molecule has 0 fully saturated rings. The minimum atomic E-state index is 0.591. The second-order valence-corrected chi connectivity index (χ2v) is 4.67. The molecule has 0 atom stereocenters. The van der Waals surface area contributed by atoms with Crippen LogP contribution < -0.4 is 15.4 Å². The first-order valence-corrected chi connectivity index (χ1v) is 6.25. The fourth-order valence-corrected chi connectivity index (χ4v) is 1.79. The van der Waals surface area contributed by atoms with E-state index in [1.54, 1.807) is 4.68 Å². The van der Waals surface area contributed by atoms with Crippen LogP contribution in [-0.4, -0.2) is 30.5 Å². The predicted molar refractivity (Wildman–Crippen MR) is 77.6 cm³/mol. The van der Waals surface area contributed by atoms with Gasteiger partial charge in [-0.3, -0.25) is 4.68 Å². The molecule has 5 heteroatoms. The first-order chi connectivity index (χ1) is 9.06. The molecular weight excluding hydrogens is 240 g/mol. The normalized spacial score (nSPS) is 10.5. The Labute approximate surface area is 113 Å². The summed E-state index contributed by atoms with van der Waals surface area (Å²) in [5.74, 6) is 1.54. The summed E-state index contributed by atoms with van der Waals surface area (Å²) in [5, 5.41) is 4.29. The summed E-state index contributed by atoms with van der Waals surface area (Å²) in [6.07, 6.45) is 0.747. The molecule has 0 unspecified atom stereocenters. The maximum atomic E-state index is 5.73. The first-order valence-electron chi connectivity index (χ1n) is 6.25. The Kier molecular flexibility index (Phi) is 3.94. The van der Waals surface area contributed by atoms with E-state index in [1.807, 2.05) is 56.4 Å². The molecule has 0 aliphatic carbocycles. The average Bonchev–Trinajstić information content (AvgIpc) is 2.69. The molecule has 0 bridgehead atoms. The zero-order valence-corrected chi connectivity index (χ0v) is 11.6. The van der Waals surface area contributed by atoms with Crippen LogP contribution in [0.1, 0.15) is 5.69 Å². The van der Waals surface area contributed by atoms with Crippen molar-refractivity contribution < 1.29 is 4.74 Å². The van der Waals surface area contributed by atoms with Crippen LogP contribution in [0.3, 0.4) is 0 Å². The highest BCUT2D eigenvalue weighted by molar-refractivity contribution is 5.49. The molecule has 1 aromatic heterocycles. The highest BCUT2D eigenvalue weighted by Crippen LogP contribution is 2.19. The molecule has 0 saturated carbocycles. The molecule has 0 saturated heterocycles. The minimum Gasteiger partial charge on any atom is -0.493 e. The van der Waals surface area contributed by atoms with Crippen molar-refractivity contribution in [2.45, 2.75) is 6.42 Å². The number of nitrogen functional groups attached to an aromatic ring is 1. The third-order valence-corrected chi connectivity index (χ3v) is 2.93. The van der Waals surface area contributed by atoms with Crippen LogP contribution in [-0.2, 0) is 13.5 Å². The Bertz CT molecular complexity index is 529. The van der Waals surface area contributed by atoms with Gasteiger partial charge in [0.05, 0.1) is 12.3 Å². The van der Waals surface area contributed by atoms with Crippen LogP contribution in [0.25, 0.3) is 0 Å². The average molecular weight is 260 g/mol. The van der Waals surface area contributed by atoms with Gasteiger partial charge in [-0.05, 0) is 12.1 Å². The van der Waals surface area contributed by atoms with Gasteiger partial charge in [-0.2, -0.15) is 5.10 Å². The van der Waals surface area contributed by atoms with Gasteiger partial charge in [0.1, 0.15) is 11.6 Å². The number of aryl methyl sites for hydroxylation is 1. The molecule has 2 rings (SSSR count). The van der Waals surface area contributed by atoms with E-state index in [0.29, 0.717) is 12.4 Å². The monoisotopic (exact) mass is 260 g/mol. The van der Waals surface area contributed by atoms with E-state index in [0.717, 1.165) is 23.6 Å². The molecule has 2 aromatic rings. The van der Waals surface area contributed by atoms with Crippen LogP contribution in [0.4, 0.5) is 11.5 Å². The fraction of sp³-hybridized carbons (Fsp3) is 0.357. The summed E-state index contributed by atoms with van der Waals surface area (Å²) < 4.78 is 7.40. The van der Waals surface area contributed by atoms with E-state index in [9.17, 15) is 0 Å². The molecule has 19 heavy (non-hydrogen) atoms. The smallest absolute Gasteiger partial charge is 0.121 e. The van der Waals surface area contributed by atoms with Crippen molar-refractivity contribution in [2.24, 2.45) is 7.05 Å². The van der Waals surface area contributed by atoms with Crippen molar-refractivity contribution in [1.29, 1.82) is 0 Å². The van der Waals surface area contributed by atoms with Crippen LogP contribution >= 0.6 is 0 Å². The maximum Gasteiger partial charge on any atom is 0.121 e. The van der Waals surface area contributed by atoms with Crippen molar-refractivity contribution in [1.82, 2.24) is 9.78 Å². The molecule has 0 aliphatic heterocycles. The van der Waals surface area contributed by atoms with Gasteiger partial charge in [0.25, 0.3) is 0 Å². The van der Waals surface area contributed by atoms with Crippen molar-refractivity contribution in [3.05, 3.63) is 36.0 Å². The molecule has 0 amide bonds. The van der Waals surface area contributed by atoms with E-state index in [2.05, 4.69) is 5.10 Å². The Morgan fingerprint density at radius 2 is 2.11 bits per heavy atom. The van der Waals surface area contributed by atoms with E-state index in [4.69, 9.17) is 10.5 Å². The molecule has 102 valence electrons. The lowest BCUT2D eigenvalue weighted by atomic mass is 10.3. The van der Waals surface area contributed by atoms with Gasteiger partial charge in [0.15, 0.2) is 0 Å². The Morgan fingerprint density at radius 1 is 1.32 bits per heavy atom. The van der Waals surface area contributed by atoms with Gasteiger partial charge in [-0.15, -0.1) is 0 Å². The lowest BCUT2D eigenvalue weighted by Gasteiger charge is -2.13. The highest BCUT2D eigenvalue weighted by Gasteiger charge is 2.03. The lowest BCUT2D eigenvalue weighted by Crippen LogP contribution is -2.09. The largest absolute Gasteiger partial charge is 0.493 e. The SMILES string of the molecule is CN(C)c1cccc(OCCc2cc(N)n(C)n2)c1. The lowest BCUT2D eigenvalue weighted by molar-refractivity contribution is 0.320. The molecule has 0 aliphatic rings. The van der Waals surface area contributed by atoms with Gasteiger partial charge in [-0.25, -0.2) is 0 Å². The van der Waals surface area contributed by atoms with Crippen LogP contribution in [0.5, 0.6) is 5.75 Å². The van der Waals surface area contributed by atoms with Gasteiger partial charge in [-0.1, -0.05) is 6.07 Å². The summed E-state index contributed by atoms with van der Waals surface area (Å²) >= 11 is 0. The number of anilines is 2. The number of aromatic nitrogens is 2. The summed E-state index contributed by atoms with van der Waals surface area (Å²) in [6.45, 7) is 0.591. The summed E-state index contributed by atoms with van der Waals surface area (Å²) in [7, 11) is 5.85. The second-order valence-electron chi connectivity index (χ2n) is 4.67. The number of nitrogens with two attached hydrogens (primary N) is 1. The third kappa shape index (κ3) is 3.40. The summed E-state index contributed by atoms with van der Waals surface area (Å²) in [5.41, 5.74) is 7.80. The zero-order valence-electron chi connectivity index (χ0n) is 11.6. The first kappa shape index (κ1) is 13.3. The molecule has 5 nitrogen and oxygen atoms in total. The number of rotatable bonds is 5. The Balaban J connectivity index is 1.90. The quantitative estimate of drug-likeness (QED) is 0.889. The molecule has 1 heterocycles. The van der Waals surface area contributed by atoms with Crippen LogP contribution in [0, 0.1) is 0 Å². The van der Waals surface area contributed by atoms with Gasteiger partial charge in [0.2, 0.25) is 0 Å². The number of hydrogen-bond donors (Lipinski definition) is 1. The van der Waals surface area contributed by atoms with Crippen molar-refractivity contribution >= 4 is 11.5 Å². The van der Waals surface area contributed by atoms with Crippen LogP contribution in [0.2, 0.25) is 0 Å². The minimum absolute atomic E-state index is 0.591. The van der Waals surface area contributed by atoms with Crippen LogP contribution in [0.15, 0.2) is 30.3 Å². The van der Waals surface area contributed by atoms with Crippen molar-refractivity contribution in [3.63, 3.8) is 0 Å². The Morgan fingerprint density at radius 3 is 2.74 bits per heavy atom.